The highest BCUT2D eigenvalue weighted by molar-refractivity contribution is 7.13. The van der Waals surface area contributed by atoms with E-state index in [0.29, 0.717) is 17.5 Å². The van der Waals surface area contributed by atoms with Gasteiger partial charge in [-0.05, 0) is 42.8 Å². The predicted molar refractivity (Wildman–Crippen MR) is 96.2 cm³/mol. The van der Waals surface area contributed by atoms with Crippen LogP contribution in [0.1, 0.15) is 5.69 Å². The van der Waals surface area contributed by atoms with Crippen molar-refractivity contribution in [1.29, 1.82) is 0 Å². The molecule has 0 saturated heterocycles. The molecule has 0 aliphatic carbocycles. The highest BCUT2D eigenvalue weighted by atomic mass is 35.5. The van der Waals surface area contributed by atoms with Gasteiger partial charge in [-0.2, -0.15) is 0 Å². The SMILES string of the molecule is CN(CC(=O)Nc1ccc(Cl)cc1)Cc1coc(-c2cccs2)n1. The number of rotatable bonds is 6. The Bertz CT molecular complexity index is 800. The van der Waals surface area contributed by atoms with Crippen LogP contribution >= 0.6 is 22.9 Å². The number of halogens is 1. The molecular formula is C17H16ClN3O2S. The number of hydrogen-bond donors (Lipinski definition) is 1. The lowest BCUT2D eigenvalue weighted by atomic mass is 10.3. The second-order valence-corrected chi connectivity index (χ2v) is 6.73. The topological polar surface area (TPSA) is 58.4 Å². The molecule has 0 aliphatic rings. The largest absolute Gasteiger partial charge is 0.444 e. The zero-order valence-electron chi connectivity index (χ0n) is 13.0. The molecule has 1 aromatic carbocycles. The van der Waals surface area contributed by atoms with Crippen LogP contribution in [0.4, 0.5) is 5.69 Å². The van der Waals surface area contributed by atoms with Gasteiger partial charge in [0.05, 0.1) is 17.1 Å². The maximum Gasteiger partial charge on any atom is 0.238 e. The van der Waals surface area contributed by atoms with Crippen molar-refractivity contribution in [2.45, 2.75) is 6.54 Å². The standard InChI is InChI=1S/C17H16ClN3O2S/c1-21(10-16(22)19-13-6-4-12(18)5-7-13)9-14-11-23-17(20-14)15-3-2-8-24-15/h2-8,11H,9-10H2,1H3,(H,19,22). The maximum atomic E-state index is 12.1. The summed E-state index contributed by atoms with van der Waals surface area (Å²) < 4.78 is 5.48. The average Bonchev–Trinajstić information content (AvgIpc) is 3.20. The van der Waals surface area contributed by atoms with Gasteiger partial charge in [0.1, 0.15) is 6.26 Å². The third-order valence-corrected chi connectivity index (χ3v) is 4.37. The van der Waals surface area contributed by atoms with Crippen molar-refractivity contribution in [3.63, 3.8) is 0 Å². The minimum absolute atomic E-state index is 0.0956. The molecule has 0 aliphatic heterocycles. The number of benzene rings is 1. The predicted octanol–water partition coefficient (Wildman–Crippen LogP) is 4.13. The van der Waals surface area contributed by atoms with Crippen LogP contribution < -0.4 is 5.32 Å². The summed E-state index contributed by atoms with van der Waals surface area (Å²) >= 11 is 7.40. The van der Waals surface area contributed by atoms with Crippen molar-refractivity contribution in [3.8, 4) is 10.8 Å². The number of carbonyl (C=O) groups is 1. The van der Waals surface area contributed by atoms with Crippen LogP contribution in [0.2, 0.25) is 5.02 Å². The van der Waals surface area contributed by atoms with Crippen LogP contribution in [0.15, 0.2) is 52.5 Å². The van der Waals surface area contributed by atoms with E-state index in [9.17, 15) is 4.79 Å². The minimum atomic E-state index is -0.0956. The van der Waals surface area contributed by atoms with E-state index in [0.717, 1.165) is 16.3 Å². The van der Waals surface area contributed by atoms with Crippen LogP contribution in [0.25, 0.3) is 10.8 Å². The molecule has 0 radical (unpaired) electrons. The first-order valence-electron chi connectivity index (χ1n) is 7.32. The molecule has 5 nitrogen and oxygen atoms in total. The quantitative estimate of drug-likeness (QED) is 0.717. The molecule has 0 atom stereocenters. The van der Waals surface area contributed by atoms with Crippen molar-refractivity contribution in [1.82, 2.24) is 9.88 Å². The summed E-state index contributed by atoms with van der Waals surface area (Å²) in [6.07, 6.45) is 1.63. The number of carbonyl (C=O) groups excluding carboxylic acids is 1. The normalized spacial score (nSPS) is 11.0. The Morgan fingerprint density at radius 2 is 2.12 bits per heavy atom. The number of aromatic nitrogens is 1. The average molecular weight is 362 g/mol. The number of nitrogens with zero attached hydrogens (tertiary/aromatic N) is 2. The fraction of sp³-hybridized carbons (Fsp3) is 0.176. The third-order valence-electron chi connectivity index (χ3n) is 3.26. The molecular weight excluding hydrogens is 346 g/mol. The molecule has 0 saturated carbocycles. The second-order valence-electron chi connectivity index (χ2n) is 5.35. The summed E-state index contributed by atoms with van der Waals surface area (Å²) in [6.45, 7) is 0.784. The molecule has 2 aromatic heterocycles. The van der Waals surface area contributed by atoms with Crippen LogP contribution in [-0.4, -0.2) is 29.4 Å². The first-order chi connectivity index (χ1) is 11.6. The highest BCUT2D eigenvalue weighted by Crippen LogP contribution is 2.23. The Balaban J connectivity index is 1.52. The maximum absolute atomic E-state index is 12.1. The number of oxazole rings is 1. The number of likely N-dealkylation sites (N-methyl/N-ethyl adjacent to an activating group) is 1. The van der Waals surface area contributed by atoms with E-state index in [-0.39, 0.29) is 12.5 Å². The highest BCUT2D eigenvalue weighted by Gasteiger charge is 2.12. The van der Waals surface area contributed by atoms with E-state index >= 15 is 0 Å². The Hall–Kier alpha value is -2.15. The Morgan fingerprint density at radius 3 is 2.83 bits per heavy atom. The first kappa shape index (κ1) is 16.7. The summed E-state index contributed by atoms with van der Waals surface area (Å²) in [4.78, 5) is 19.4. The summed E-state index contributed by atoms with van der Waals surface area (Å²) in [6, 6.07) is 10.9. The Morgan fingerprint density at radius 1 is 1.33 bits per heavy atom. The van der Waals surface area contributed by atoms with Gasteiger partial charge in [0.2, 0.25) is 11.8 Å². The molecule has 1 N–H and O–H groups in total. The third kappa shape index (κ3) is 4.44. The molecule has 1 amide bonds. The molecule has 24 heavy (non-hydrogen) atoms. The van der Waals surface area contributed by atoms with Gasteiger partial charge in [0.25, 0.3) is 0 Å². The van der Waals surface area contributed by atoms with Crippen molar-refractivity contribution in [2.24, 2.45) is 0 Å². The number of nitrogens with one attached hydrogen (secondary N) is 1. The van der Waals surface area contributed by atoms with E-state index < -0.39 is 0 Å². The number of anilines is 1. The van der Waals surface area contributed by atoms with E-state index in [2.05, 4.69) is 10.3 Å². The lowest BCUT2D eigenvalue weighted by Gasteiger charge is -2.14. The fourth-order valence-electron chi connectivity index (χ4n) is 2.20. The summed E-state index contributed by atoms with van der Waals surface area (Å²) in [5, 5.41) is 5.45. The van der Waals surface area contributed by atoms with E-state index in [1.807, 2.05) is 29.5 Å². The van der Waals surface area contributed by atoms with E-state index in [1.165, 1.54) is 0 Å². The molecule has 0 spiro atoms. The monoisotopic (exact) mass is 361 g/mol. The molecule has 0 bridgehead atoms. The van der Waals surface area contributed by atoms with Crippen molar-refractivity contribution >= 4 is 34.5 Å². The van der Waals surface area contributed by atoms with Gasteiger partial charge >= 0.3 is 0 Å². The van der Waals surface area contributed by atoms with Gasteiger partial charge in [-0.1, -0.05) is 17.7 Å². The summed E-state index contributed by atoms with van der Waals surface area (Å²) in [7, 11) is 1.86. The van der Waals surface area contributed by atoms with Gasteiger partial charge in [-0.3, -0.25) is 9.69 Å². The minimum Gasteiger partial charge on any atom is -0.444 e. The van der Waals surface area contributed by atoms with Crippen LogP contribution in [0.3, 0.4) is 0 Å². The number of thiophene rings is 1. The number of hydrogen-bond acceptors (Lipinski definition) is 5. The van der Waals surface area contributed by atoms with Gasteiger partial charge in [-0.25, -0.2) is 4.98 Å². The Labute approximate surface area is 148 Å². The summed E-state index contributed by atoms with van der Waals surface area (Å²) in [5.41, 5.74) is 1.51. The molecule has 0 unspecified atom stereocenters. The molecule has 7 heteroatoms. The smallest absolute Gasteiger partial charge is 0.238 e. The van der Waals surface area contributed by atoms with Crippen molar-refractivity contribution in [3.05, 3.63) is 58.8 Å². The molecule has 2 heterocycles. The molecule has 0 fully saturated rings. The zero-order valence-corrected chi connectivity index (χ0v) is 14.6. The first-order valence-corrected chi connectivity index (χ1v) is 8.58. The van der Waals surface area contributed by atoms with Crippen LogP contribution in [0.5, 0.6) is 0 Å². The fourth-order valence-corrected chi connectivity index (χ4v) is 2.99. The van der Waals surface area contributed by atoms with Gasteiger partial charge in [0.15, 0.2) is 0 Å². The molecule has 124 valence electrons. The van der Waals surface area contributed by atoms with Crippen LogP contribution in [-0.2, 0) is 11.3 Å². The van der Waals surface area contributed by atoms with Gasteiger partial charge in [-0.15, -0.1) is 11.3 Å². The van der Waals surface area contributed by atoms with Crippen molar-refractivity contribution in [2.75, 3.05) is 18.9 Å². The van der Waals surface area contributed by atoms with E-state index in [4.69, 9.17) is 16.0 Å². The van der Waals surface area contributed by atoms with Crippen molar-refractivity contribution < 1.29 is 9.21 Å². The second kappa shape index (κ2) is 7.61. The van der Waals surface area contributed by atoms with Crippen LogP contribution in [0, 0.1) is 0 Å². The lowest BCUT2D eigenvalue weighted by Crippen LogP contribution is -2.29. The zero-order chi connectivity index (χ0) is 16.9. The lowest BCUT2D eigenvalue weighted by molar-refractivity contribution is -0.117. The molecule has 3 aromatic rings. The Kier molecular flexibility index (Phi) is 5.30. The number of amides is 1. The van der Waals surface area contributed by atoms with Gasteiger partial charge < -0.3 is 9.73 Å². The van der Waals surface area contributed by atoms with Gasteiger partial charge in [0, 0.05) is 17.3 Å². The van der Waals surface area contributed by atoms with E-state index in [1.54, 1.807) is 41.9 Å². The molecule has 3 rings (SSSR count). The summed E-state index contributed by atoms with van der Waals surface area (Å²) in [5.74, 6) is 0.515.